The monoisotopic (exact) mass is 232 g/mol. The van der Waals surface area contributed by atoms with Gasteiger partial charge in [0.15, 0.2) is 0 Å². The topological polar surface area (TPSA) is 48.1 Å². The van der Waals surface area contributed by atoms with Crippen molar-refractivity contribution in [1.29, 1.82) is 0 Å². The number of nitrogens with two attached hydrogens (primary N) is 1. The second-order valence-corrected chi connectivity index (χ2v) is 4.13. The van der Waals surface area contributed by atoms with Gasteiger partial charge in [-0.3, -0.25) is 0 Å². The highest BCUT2D eigenvalue weighted by molar-refractivity contribution is 6.30. The summed E-state index contributed by atoms with van der Waals surface area (Å²) in [6, 6.07) is 7.59. The molecule has 3 rings (SSSR count). The molecule has 0 bridgehead atoms. The van der Waals surface area contributed by atoms with E-state index in [2.05, 4.69) is 4.98 Å². The van der Waals surface area contributed by atoms with E-state index in [9.17, 15) is 0 Å². The highest BCUT2D eigenvalue weighted by Gasteiger charge is 2.17. The smallest absolute Gasteiger partial charge is 0.146 e. The Kier molecular flexibility index (Phi) is 2.01. The average Bonchev–Trinajstić information content (AvgIpc) is 2.28. The second kappa shape index (κ2) is 3.39. The number of aromatic nitrogens is 1. The van der Waals surface area contributed by atoms with E-state index in [1.165, 1.54) is 0 Å². The quantitative estimate of drug-likeness (QED) is 0.760. The van der Waals surface area contributed by atoms with Crippen molar-refractivity contribution in [2.45, 2.75) is 6.61 Å². The molecule has 0 fully saturated rings. The minimum absolute atomic E-state index is 0.491. The second-order valence-electron chi connectivity index (χ2n) is 3.70. The van der Waals surface area contributed by atoms with Gasteiger partial charge in [0.2, 0.25) is 0 Å². The largest absolute Gasteiger partial charge is 0.487 e. The fourth-order valence-electron chi connectivity index (χ4n) is 1.88. The van der Waals surface area contributed by atoms with Crippen LogP contribution in [0.4, 0.5) is 5.82 Å². The number of ether oxygens (including phenoxy) is 1. The van der Waals surface area contributed by atoms with Crippen LogP contribution >= 0.6 is 11.6 Å². The minimum atomic E-state index is 0.491. The summed E-state index contributed by atoms with van der Waals surface area (Å²) in [5, 5.41) is 0.716. The molecule has 0 unspecified atom stereocenters. The number of benzene rings is 1. The van der Waals surface area contributed by atoms with Crippen LogP contribution in [-0.2, 0) is 6.61 Å². The number of nitrogen functional groups attached to an aromatic ring is 1. The molecule has 2 aromatic rings. The summed E-state index contributed by atoms with van der Waals surface area (Å²) < 4.78 is 5.58. The lowest BCUT2D eigenvalue weighted by Gasteiger charge is -2.20. The van der Waals surface area contributed by atoms with Gasteiger partial charge in [-0.1, -0.05) is 17.7 Å². The van der Waals surface area contributed by atoms with Crippen LogP contribution in [0.3, 0.4) is 0 Å². The summed E-state index contributed by atoms with van der Waals surface area (Å²) in [5.74, 6) is 1.26. The van der Waals surface area contributed by atoms with Gasteiger partial charge in [0.25, 0.3) is 0 Å². The van der Waals surface area contributed by atoms with Gasteiger partial charge in [-0.25, -0.2) is 4.98 Å². The highest BCUT2D eigenvalue weighted by Crippen LogP contribution is 2.38. The standard InChI is InChI=1S/C12H9ClN2O/c13-8-1-2-9-7(3-8)6-16-11-5-15-12(14)4-10(9)11/h1-5H,6H2,(H2,14,15). The van der Waals surface area contributed by atoms with E-state index in [0.717, 1.165) is 22.4 Å². The number of halogens is 1. The first-order valence-corrected chi connectivity index (χ1v) is 5.29. The lowest BCUT2D eigenvalue weighted by atomic mass is 9.98. The zero-order chi connectivity index (χ0) is 11.1. The highest BCUT2D eigenvalue weighted by atomic mass is 35.5. The van der Waals surface area contributed by atoms with Crippen LogP contribution in [0.2, 0.25) is 5.02 Å². The maximum atomic E-state index is 5.94. The van der Waals surface area contributed by atoms with E-state index in [0.29, 0.717) is 17.4 Å². The van der Waals surface area contributed by atoms with Crippen molar-refractivity contribution < 1.29 is 4.74 Å². The van der Waals surface area contributed by atoms with Gasteiger partial charge >= 0.3 is 0 Å². The van der Waals surface area contributed by atoms with E-state index in [1.807, 2.05) is 24.3 Å². The van der Waals surface area contributed by atoms with Gasteiger partial charge in [-0.2, -0.15) is 0 Å². The normalized spacial score (nSPS) is 12.6. The Balaban J connectivity index is 2.25. The number of pyridine rings is 1. The van der Waals surface area contributed by atoms with Crippen LogP contribution in [0.25, 0.3) is 11.1 Å². The molecule has 0 aliphatic carbocycles. The third-order valence-corrected chi connectivity index (χ3v) is 2.86. The van der Waals surface area contributed by atoms with Crippen molar-refractivity contribution in [2.75, 3.05) is 5.73 Å². The molecular weight excluding hydrogens is 224 g/mol. The molecule has 1 aliphatic rings. The van der Waals surface area contributed by atoms with Crippen LogP contribution in [0.15, 0.2) is 30.5 Å². The summed E-state index contributed by atoms with van der Waals surface area (Å²) >= 11 is 5.94. The number of anilines is 1. The van der Waals surface area contributed by atoms with Gasteiger partial charge in [-0.15, -0.1) is 0 Å². The van der Waals surface area contributed by atoms with Crippen molar-refractivity contribution >= 4 is 17.4 Å². The maximum absolute atomic E-state index is 5.94. The Morgan fingerprint density at radius 2 is 2.12 bits per heavy atom. The van der Waals surface area contributed by atoms with Crippen LogP contribution in [-0.4, -0.2) is 4.98 Å². The summed E-state index contributed by atoms with van der Waals surface area (Å²) in [7, 11) is 0. The first kappa shape index (κ1) is 9.48. The third-order valence-electron chi connectivity index (χ3n) is 2.63. The van der Waals surface area contributed by atoms with Crippen LogP contribution < -0.4 is 10.5 Å². The van der Waals surface area contributed by atoms with Gasteiger partial charge in [0.05, 0.1) is 6.20 Å². The van der Waals surface area contributed by atoms with Gasteiger partial charge in [0.1, 0.15) is 18.2 Å². The summed E-state index contributed by atoms with van der Waals surface area (Å²) in [6.45, 7) is 0.522. The zero-order valence-corrected chi connectivity index (χ0v) is 9.16. The van der Waals surface area contributed by atoms with E-state index in [4.69, 9.17) is 22.1 Å². The predicted octanol–water partition coefficient (Wildman–Crippen LogP) is 2.88. The molecule has 2 heterocycles. The first-order valence-electron chi connectivity index (χ1n) is 4.91. The van der Waals surface area contributed by atoms with Crippen molar-refractivity contribution in [1.82, 2.24) is 4.98 Å². The van der Waals surface area contributed by atoms with Gasteiger partial charge < -0.3 is 10.5 Å². The van der Waals surface area contributed by atoms with Gasteiger partial charge in [0, 0.05) is 10.6 Å². The molecule has 2 N–H and O–H groups in total. The number of hydrogen-bond acceptors (Lipinski definition) is 3. The minimum Gasteiger partial charge on any atom is -0.487 e. The van der Waals surface area contributed by atoms with Crippen molar-refractivity contribution in [3.05, 3.63) is 41.0 Å². The predicted molar refractivity (Wildman–Crippen MR) is 63.4 cm³/mol. The molecular formula is C12H9ClN2O. The number of hydrogen-bond donors (Lipinski definition) is 1. The Morgan fingerprint density at radius 3 is 3.00 bits per heavy atom. The van der Waals surface area contributed by atoms with E-state index < -0.39 is 0 Å². The molecule has 16 heavy (non-hydrogen) atoms. The number of nitrogens with zero attached hydrogens (tertiary/aromatic N) is 1. The average molecular weight is 233 g/mol. The van der Waals surface area contributed by atoms with Crippen molar-refractivity contribution in [3.8, 4) is 16.9 Å². The van der Waals surface area contributed by atoms with E-state index in [1.54, 1.807) is 6.20 Å². The molecule has 1 aromatic carbocycles. The lowest BCUT2D eigenvalue weighted by Crippen LogP contribution is -2.06. The fraction of sp³-hybridized carbons (Fsp3) is 0.0833. The Labute approximate surface area is 97.8 Å². The molecule has 4 heteroatoms. The van der Waals surface area contributed by atoms with Crippen molar-refractivity contribution in [2.24, 2.45) is 0 Å². The van der Waals surface area contributed by atoms with E-state index in [-0.39, 0.29) is 0 Å². The Morgan fingerprint density at radius 1 is 1.25 bits per heavy atom. The zero-order valence-electron chi connectivity index (χ0n) is 8.40. The SMILES string of the molecule is Nc1cc2c(cn1)OCc1cc(Cl)ccc1-2. The third kappa shape index (κ3) is 1.41. The van der Waals surface area contributed by atoms with Crippen LogP contribution in [0, 0.1) is 0 Å². The number of rotatable bonds is 0. The molecule has 0 saturated heterocycles. The van der Waals surface area contributed by atoms with Crippen molar-refractivity contribution in [3.63, 3.8) is 0 Å². The molecule has 3 nitrogen and oxygen atoms in total. The lowest BCUT2D eigenvalue weighted by molar-refractivity contribution is 0.301. The summed E-state index contributed by atoms with van der Waals surface area (Å²) in [6.07, 6.45) is 1.65. The van der Waals surface area contributed by atoms with Gasteiger partial charge in [-0.05, 0) is 29.3 Å². The molecule has 1 aliphatic heterocycles. The Bertz CT molecular complexity index is 569. The summed E-state index contributed by atoms with van der Waals surface area (Å²) in [4.78, 5) is 4.01. The molecule has 1 aromatic heterocycles. The molecule has 0 amide bonds. The molecule has 80 valence electrons. The van der Waals surface area contributed by atoms with Crippen LogP contribution in [0.1, 0.15) is 5.56 Å². The molecule has 0 atom stereocenters. The fourth-order valence-corrected chi connectivity index (χ4v) is 2.08. The number of fused-ring (bicyclic) bond motifs is 3. The van der Waals surface area contributed by atoms with E-state index >= 15 is 0 Å². The Hall–Kier alpha value is -1.74. The maximum Gasteiger partial charge on any atom is 0.146 e. The van der Waals surface area contributed by atoms with Crippen LogP contribution in [0.5, 0.6) is 5.75 Å². The summed E-state index contributed by atoms with van der Waals surface area (Å²) in [5.41, 5.74) is 8.84. The molecule has 0 saturated carbocycles. The molecule has 0 radical (unpaired) electrons. The first-order chi connectivity index (χ1) is 7.74. The molecule has 0 spiro atoms.